The molecule has 2 N–H and O–H groups in total. The molecular formula is C25H23ClN4O4P+. The maximum absolute atomic E-state index is 14.5. The Labute approximate surface area is 207 Å². The number of nitriles is 1. The summed E-state index contributed by atoms with van der Waals surface area (Å²) in [4.78, 5) is 21.5. The summed E-state index contributed by atoms with van der Waals surface area (Å²) in [5.41, 5.74) is 2.63. The van der Waals surface area contributed by atoms with Crippen molar-refractivity contribution in [2.24, 2.45) is 0 Å². The van der Waals surface area contributed by atoms with Gasteiger partial charge in [-0.25, -0.2) is 0 Å². The minimum atomic E-state index is -3.81. The van der Waals surface area contributed by atoms with Gasteiger partial charge in [-0.15, -0.1) is 0 Å². The van der Waals surface area contributed by atoms with E-state index >= 15 is 0 Å². The Hall–Kier alpha value is -3.63. The average Bonchev–Trinajstić information content (AvgIpc) is 3.26. The highest BCUT2D eigenvalue weighted by Gasteiger charge is 2.36. The number of rotatable bonds is 7. The summed E-state index contributed by atoms with van der Waals surface area (Å²) >= 11 is 6.26. The van der Waals surface area contributed by atoms with Crippen molar-refractivity contribution in [2.75, 3.05) is 14.2 Å². The summed E-state index contributed by atoms with van der Waals surface area (Å²) in [5, 5.41) is 13.8. The monoisotopic (exact) mass is 509 g/mol. The van der Waals surface area contributed by atoms with Gasteiger partial charge in [0.05, 0.1) is 16.9 Å². The molecule has 0 aliphatic heterocycles. The molecule has 1 amide bonds. The van der Waals surface area contributed by atoms with Crippen LogP contribution in [0.1, 0.15) is 27.2 Å². The molecule has 2 aromatic carbocycles. The normalized spacial score (nSPS) is 12.7. The SMILES string of the molecule is CO[n+]1ccc(CNC(=O)c2[nH]c3ccc(Cl)cc3c2P(=O)(OC)c2cc(C)cc(C#N)c2)cc1. The molecule has 0 radical (unpaired) electrons. The van der Waals surface area contributed by atoms with Crippen molar-refractivity contribution in [3.63, 3.8) is 0 Å². The maximum Gasteiger partial charge on any atom is 0.268 e. The lowest BCUT2D eigenvalue weighted by molar-refractivity contribution is -0.885. The Morgan fingerprint density at radius 1 is 1.17 bits per heavy atom. The van der Waals surface area contributed by atoms with Crippen LogP contribution in [0.5, 0.6) is 0 Å². The van der Waals surface area contributed by atoms with Crippen molar-refractivity contribution in [1.82, 2.24) is 10.3 Å². The zero-order valence-corrected chi connectivity index (χ0v) is 21.0. The van der Waals surface area contributed by atoms with Crippen molar-refractivity contribution < 1.29 is 23.5 Å². The van der Waals surface area contributed by atoms with Gasteiger partial charge in [-0.05, 0) is 54.4 Å². The summed E-state index contributed by atoms with van der Waals surface area (Å²) in [6, 6.07) is 15.7. The van der Waals surface area contributed by atoms with E-state index in [0.29, 0.717) is 26.8 Å². The lowest BCUT2D eigenvalue weighted by atomic mass is 10.2. The molecule has 10 heteroatoms. The number of aromatic amines is 1. The predicted octanol–water partition coefficient (Wildman–Crippen LogP) is 3.15. The van der Waals surface area contributed by atoms with Crippen LogP contribution < -0.4 is 25.5 Å². The van der Waals surface area contributed by atoms with Crippen LogP contribution in [0.2, 0.25) is 5.02 Å². The highest BCUT2D eigenvalue weighted by atomic mass is 35.5. The molecule has 1 atom stereocenters. The Bertz CT molecular complexity index is 1510. The molecule has 0 bridgehead atoms. The zero-order chi connectivity index (χ0) is 25.2. The van der Waals surface area contributed by atoms with Crippen LogP contribution >= 0.6 is 19.0 Å². The molecular weight excluding hydrogens is 487 g/mol. The zero-order valence-electron chi connectivity index (χ0n) is 19.3. The van der Waals surface area contributed by atoms with Crippen LogP contribution in [0.4, 0.5) is 0 Å². The standard InChI is InChI=1S/C25H22ClN4O4P/c1-16-10-18(14-27)12-20(11-16)35(32,34-3)24-21-13-19(26)4-5-22(21)29-23(24)25(31)28-15-17-6-8-30(33-2)9-7-17/h4-13H,15H2,1-3H3,(H-,28,29,31,32)/p+1. The van der Waals surface area contributed by atoms with Crippen molar-refractivity contribution in [3.05, 3.63) is 88.3 Å². The number of halogens is 1. The summed E-state index contributed by atoms with van der Waals surface area (Å²) < 4.78 is 21.6. The van der Waals surface area contributed by atoms with Crippen LogP contribution in [-0.4, -0.2) is 25.1 Å². The molecule has 0 aliphatic rings. The number of aromatic nitrogens is 2. The van der Waals surface area contributed by atoms with Gasteiger partial charge in [0.2, 0.25) is 12.4 Å². The molecule has 0 saturated carbocycles. The van der Waals surface area contributed by atoms with E-state index in [2.05, 4.69) is 16.4 Å². The molecule has 0 aliphatic carbocycles. The number of benzene rings is 2. The van der Waals surface area contributed by atoms with Gasteiger partial charge in [0.15, 0.2) is 0 Å². The number of aryl methyl sites for hydroxylation is 1. The maximum atomic E-state index is 14.5. The fraction of sp³-hybridized carbons (Fsp3) is 0.160. The summed E-state index contributed by atoms with van der Waals surface area (Å²) in [6.45, 7) is 2.04. The Morgan fingerprint density at radius 3 is 2.57 bits per heavy atom. The fourth-order valence-corrected chi connectivity index (χ4v) is 6.36. The first-order valence-electron chi connectivity index (χ1n) is 10.6. The van der Waals surface area contributed by atoms with Crippen molar-refractivity contribution in [1.29, 1.82) is 5.26 Å². The van der Waals surface area contributed by atoms with Gasteiger partial charge < -0.3 is 14.8 Å². The molecule has 2 aromatic heterocycles. The first kappa shape index (κ1) is 24.5. The van der Waals surface area contributed by atoms with Gasteiger partial charge in [-0.3, -0.25) is 14.2 Å². The minimum absolute atomic E-state index is 0.107. The summed E-state index contributed by atoms with van der Waals surface area (Å²) in [5.74, 6) is -0.457. The van der Waals surface area contributed by atoms with Crippen LogP contribution in [0.3, 0.4) is 0 Å². The summed E-state index contributed by atoms with van der Waals surface area (Å²) in [7, 11) is -0.932. The largest absolute Gasteiger partial charge is 0.350 e. The average molecular weight is 510 g/mol. The van der Waals surface area contributed by atoms with Crippen molar-refractivity contribution in [3.8, 4) is 6.07 Å². The number of H-pyrrole nitrogens is 1. The first-order chi connectivity index (χ1) is 16.8. The topological polar surface area (TPSA) is 108 Å². The van der Waals surface area contributed by atoms with Gasteiger partial charge in [-0.1, -0.05) is 11.6 Å². The molecule has 178 valence electrons. The van der Waals surface area contributed by atoms with Gasteiger partial charge in [0.1, 0.15) is 12.8 Å². The number of carbonyl (C=O) groups is 1. The molecule has 8 nitrogen and oxygen atoms in total. The van der Waals surface area contributed by atoms with Crippen LogP contribution in [-0.2, 0) is 15.6 Å². The van der Waals surface area contributed by atoms with Gasteiger partial charge >= 0.3 is 0 Å². The predicted molar refractivity (Wildman–Crippen MR) is 133 cm³/mol. The summed E-state index contributed by atoms with van der Waals surface area (Å²) in [6.07, 6.45) is 3.45. The Morgan fingerprint density at radius 2 is 1.91 bits per heavy atom. The van der Waals surface area contributed by atoms with Crippen molar-refractivity contribution in [2.45, 2.75) is 13.5 Å². The molecule has 1 unspecified atom stereocenters. The van der Waals surface area contributed by atoms with E-state index in [9.17, 15) is 14.6 Å². The molecule has 35 heavy (non-hydrogen) atoms. The second-order valence-electron chi connectivity index (χ2n) is 7.87. The number of hydrogen-bond acceptors (Lipinski definition) is 5. The number of hydrogen-bond donors (Lipinski definition) is 2. The van der Waals surface area contributed by atoms with E-state index in [1.54, 1.807) is 56.8 Å². The second-order valence-corrected chi connectivity index (χ2v) is 10.7. The van der Waals surface area contributed by atoms with E-state index in [1.165, 1.54) is 17.9 Å². The van der Waals surface area contributed by atoms with E-state index < -0.39 is 13.3 Å². The molecule has 4 rings (SSSR count). The number of nitrogens with zero attached hydrogens (tertiary/aromatic N) is 2. The van der Waals surface area contributed by atoms with E-state index in [-0.39, 0.29) is 17.5 Å². The minimum Gasteiger partial charge on any atom is -0.350 e. The lowest BCUT2D eigenvalue weighted by Crippen LogP contribution is -2.39. The molecule has 2 heterocycles. The number of pyridine rings is 1. The number of amides is 1. The number of fused-ring (bicyclic) bond motifs is 1. The van der Waals surface area contributed by atoms with Crippen molar-refractivity contribution >= 4 is 46.4 Å². The number of nitrogens with one attached hydrogen (secondary N) is 2. The lowest BCUT2D eigenvalue weighted by Gasteiger charge is -2.19. The smallest absolute Gasteiger partial charge is 0.268 e. The van der Waals surface area contributed by atoms with Gasteiger partial charge in [-0.2, -0.15) is 5.26 Å². The van der Waals surface area contributed by atoms with E-state index in [4.69, 9.17) is 21.0 Å². The van der Waals surface area contributed by atoms with Crippen LogP contribution in [0.25, 0.3) is 10.9 Å². The van der Waals surface area contributed by atoms with E-state index in [0.717, 1.165) is 11.1 Å². The number of carbonyl (C=O) groups excluding carboxylic acids is 1. The van der Waals surface area contributed by atoms with Crippen LogP contribution in [0.15, 0.2) is 60.9 Å². The molecule has 4 aromatic rings. The quantitative estimate of drug-likeness (QED) is 0.294. The third-order valence-corrected chi connectivity index (χ3v) is 8.32. The highest BCUT2D eigenvalue weighted by molar-refractivity contribution is 7.75. The highest BCUT2D eigenvalue weighted by Crippen LogP contribution is 2.47. The molecule has 0 spiro atoms. The molecule has 0 fully saturated rings. The Balaban J connectivity index is 1.82. The van der Waals surface area contributed by atoms with Gasteiger partial charge in [0, 0.05) is 51.7 Å². The first-order valence-corrected chi connectivity index (χ1v) is 12.6. The Kier molecular flexibility index (Phi) is 6.95. The van der Waals surface area contributed by atoms with Crippen LogP contribution in [0, 0.1) is 18.3 Å². The van der Waals surface area contributed by atoms with Gasteiger partial charge in [0.25, 0.3) is 13.3 Å². The molecule has 0 saturated heterocycles. The third-order valence-electron chi connectivity index (χ3n) is 5.58. The fourth-order valence-electron chi connectivity index (χ4n) is 3.90. The van der Waals surface area contributed by atoms with E-state index in [1.807, 2.05) is 12.1 Å². The third kappa shape index (κ3) is 4.80. The second kappa shape index (κ2) is 9.93.